The molecule has 2 atom stereocenters. The summed E-state index contributed by atoms with van der Waals surface area (Å²) >= 11 is 0. The van der Waals surface area contributed by atoms with Crippen LogP contribution in [-0.2, 0) is 4.79 Å². The minimum absolute atomic E-state index is 0.172. The normalized spacial score (nSPS) is 14.3. The minimum atomic E-state index is -0.906. The van der Waals surface area contributed by atoms with Crippen molar-refractivity contribution in [3.05, 3.63) is 35.4 Å². The second-order valence-electron chi connectivity index (χ2n) is 5.53. The molecule has 0 amide bonds. The molecule has 1 aromatic rings. The van der Waals surface area contributed by atoms with E-state index in [0.717, 1.165) is 6.07 Å². The zero-order valence-corrected chi connectivity index (χ0v) is 12.0. The third-order valence-electron chi connectivity index (χ3n) is 3.13. The first-order valence-corrected chi connectivity index (χ1v) is 6.71. The largest absolute Gasteiger partial charge is 0.480 e. The molecule has 1 unspecified atom stereocenters. The number of aliphatic carboxylic acids is 1. The van der Waals surface area contributed by atoms with Gasteiger partial charge in [0.25, 0.3) is 0 Å². The van der Waals surface area contributed by atoms with Gasteiger partial charge < -0.3 is 10.4 Å². The Bertz CT molecular complexity index is 443. The predicted octanol–water partition coefficient (Wildman–Crippen LogP) is 3.16. The molecule has 0 aliphatic carbocycles. The molecule has 2 N–H and O–H groups in total. The van der Waals surface area contributed by atoms with Crippen molar-refractivity contribution in [2.75, 3.05) is 6.54 Å². The second-order valence-corrected chi connectivity index (χ2v) is 5.53. The Morgan fingerprint density at radius 2 is 1.75 bits per heavy atom. The number of halogens is 2. The lowest BCUT2D eigenvalue weighted by molar-refractivity contribution is -0.139. The van der Waals surface area contributed by atoms with Crippen molar-refractivity contribution in [2.24, 2.45) is 5.92 Å². The molecule has 0 aliphatic rings. The van der Waals surface area contributed by atoms with Crippen LogP contribution in [0.1, 0.15) is 38.7 Å². The molecule has 0 heterocycles. The molecular formula is C15H21F2NO2. The van der Waals surface area contributed by atoms with Crippen LogP contribution in [0.5, 0.6) is 0 Å². The number of carboxylic acids is 1. The molecule has 0 spiro atoms. The molecule has 3 nitrogen and oxygen atoms in total. The van der Waals surface area contributed by atoms with E-state index < -0.39 is 23.6 Å². The van der Waals surface area contributed by atoms with Crippen LogP contribution in [0.3, 0.4) is 0 Å². The number of carboxylic acid groups (broad SMARTS) is 1. The molecule has 0 aromatic heterocycles. The van der Waals surface area contributed by atoms with Gasteiger partial charge in [-0.3, -0.25) is 4.79 Å². The van der Waals surface area contributed by atoms with Crippen molar-refractivity contribution in [3.63, 3.8) is 0 Å². The Hall–Kier alpha value is -1.49. The van der Waals surface area contributed by atoms with E-state index in [1.54, 1.807) is 6.92 Å². The van der Waals surface area contributed by atoms with Crippen LogP contribution in [0.2, 0.25) is 0 Å². The van der Waals surface area contributed by atoms with Crippen LogP contribution in [-0.4, -0.2) is 23.7 Å². The van der Waals surface area contributed by atoms with E-state index in [-0.39, 0.29) is 11.8 Å². The van der Waals surface area contributed by atoms with E-state index in [2.05, 4.69) is 5.32 Å². The van der Waals surface area contributed by atoms with Gasteiger partial charge in [0.1, 0.15) is 17.7 Å². The Kier molecular flexibility index (Phi) is 6.07. The van der Waals surface area contributed by atoms with Gasteiger partial charge in [-0.1, -0.05) is 20.8 Å². The van der Waals surface area contributed by atoms with Crippen LogP contribution in [0.4, 0.5) is 8.78 Å². The molecule has 0 aliphatic heterocycles. The van der Waals surface area contributed by atoms with Gasteiger partial charge in [0.05, 0.1) is 0 Å². The average Bonchev–Trinajstić information content (AvgIpc) is 2.32. The van der Waals surface area contributed by atoms with Crippen LogP contribution >= 0.6 is 0 Å². The molecule has 0 radical (unpaired) electrons. The van der Waals surface area contributed by atoms with E-state index >= 15 is 0 Å². The maximum atomic E-state index is 13.1. The molecule has 0 fully saturated rings. The quantitative estimate of drug-likeness (QED) is 0.809. The van der Waals surface area contributed by atoms with Crippen molar-refractivity contribution >= 4 is 5.97 Å². The molecule has 1 rings (SSSR count). The molecule has 20 heavy (non-hydrogen) atoms. The standard InChI is InChI=1S/C15H21F2NO2/c1-9(2)4-14(15(19)20)18-8-10(3)11-5-12(16)7-13(17)6-11/h5-7,9-10,14,18H,4,8H2,1-3H3,(H,19,20)/t10?,14-/m0/s1. The highest BCUT2D eigenvalue weighted by Crippen LogP contribution is 2.18. The van der Waals surface area contributed by atoms with Crippen molar-refractivity contribution in [2.45, 2.75) is 39.2 Å². The van der Waals surface area contributed by atoms with Gasteiger partial charge in [-0.25, -0.2) is 8.78 Å². The van der Waals surface area contributed by atoms with Crippen LogP contribution in [0.15, 0.2) is 18.2 Å². The summed E-state index contributed by atoms with van der Waals surface area (Å²) in [5, 5.41) is 12.1. The first-order chi connectivity index (χ1) is 9.29. The molecule has 0 saturated heterocycles. The zero-order valence-electron chi connectivity index (χ0n) is 12.0. The number of carbonyl (C=O) groups is 1. The fourth-order valence-corrected chi connectivity index (χ4v) is 2.04. The predicted molar refractivity (Wildman–Crippen MR) is 73.7 cm³/mol. The summed E-state index contributed by atoms with van der Waals surface area (Å²) in [4.78, 5) is 11.1. The number of hydrogen-bond donors (Lipinski definition) is 2. The minimum Gasteiger partial charge on any atom is -0.480 e. The highest BCUT2D eigenvalue weighted by molar-refractivity contribution is 5.73. The van der Waals surface area contributed by atoms with Crippen LogP contribution in [0.25, 0.3) is 0 Å². The van der Waals surface area contributed by atoms with Crippen molar-refractivity contribution in [1.82, 2.24) is 5.32 Å². The summed E-state index contributed by atoms with van der Waals surface area (Å²) in [6.45, 7) is 6.05. The molecular weight excluding hydrogens is 264 g/mol. The summed E-state index contributed by atoms with van der Waals surface area (Å²) in [5.41, 5.74) is 0.517. The lowest BCUT2D eigenvalue weighted by atomic mass is 9.99. The smallest absolute Gasteiger partial charge is 0.320 e. The SMILES string of the molecule is CC(C)C[C@H](NCC(C)c1cc(F)cc(F)c1)C(=O)O. The van der Waals surface area contributed by atoms with Gasteiger partial charge in [-0.15, -0.1) is 0 Å². The summed E-state index contributed by atoms with van der Waals surface area (Å²) in [7, 11) is 0. The Morgan fingerprint density at radius 1 is 1.20 bits per heavy atom. The average molecular weight is 285 g/mol. The van der Waals surface area contributed by atoms with Gasteiger partial charge in [0.2, 0.25) is 0 Å². The fourth-order valence-electron chi connectivity index (χ4n) is 2.04. The Morgan fingerprint density at radius 3 is 2.20 bits per heavy atom. The molecule has 0 saturated carbocycles. The van der Waals surface area contributed by atoms with Crippen LogP contribution in [0, 0.1) is 17.6 Å². The van der Waals surface area contributed by atoms with Gasteiger partial charge in [-0.05, 0) is 36.0 Å². The van der Waals surface area contributed by atoms with E-state index in [1.807, 2.05) is 13.8 Å². The zero-order chi connectivity index (χ0) is 15.3. The maximum absolute atomic E-state index is 13.1. The topological polar surface area (TPSA) is 49.3 Å². The van der Waals surface area contributed by atoms with Crippen LogP contribution < -0.4 is 5.32 Å². The Balaban J connectivity index is 2.65. The lowest BCUT2D eigenvalue weighted by Crippen LogP contribution is -2.39. The molecule has 0 bridgehead atoms. The fraction of sp³-hybridized carbons (Fsp3) is 0.533. The first-order valence-electron chi connectivity index (χ1n) is 6.71. The third kappa shape index (κ3) is 5.25. The van der Waals surface area contributed by atoms with Gasteiger partial charge in [-0.2, -0.15) is 0 Å². The van der Waals surface area contributed by atoms with E-state index in [9.17, 15) is 13.6 Å². The lowest BCUT2D eigenvalue weighted by Gasteiger charge is -2.19. The van der Waals surface area contributed by atoms with Crippen molar-refractivity contribution in [1.29, 1.82) is 0 Å². The summed E-state index contributed by atoms with van der Waals surface area (Å²) in [6.07, 6.45) is 0.513. The monoisotopic (exact) mass is 285 g/mol. The maximum Gasteiger partial charge on any atom is 0.320 e. The van der Waals surface area contributed by atoms with Crippen molar-refractivity contribution in [3.8, 4) is 0 Å². The number of nitrogens with one attached hydrogen (secondary N) is 1. The molecule has 112 valence electrons. The summed E-state index contributed by atoms with van der Waals surface area (Å²) in [6, 6.07) is 2.72. The van der Waals surface area contributed by atoms with E-state index in [4.69, 9.17) is 5.11 Å². The first kappa shape index (κ1) is 16.6. The highest BCUT2D eigenvalue weighted by Gasteiger charge is 2.19. The third-order valence-corrected chi connectivity index (χ3v) is 3.13. The van der Waals surface area contributed by atoms with Gasteiger partial charge in [0, 0.05) is 12.6 Å². The van der Waals surface area contributed by atoms with E-state index in [0.29, 0.717) is 18.5 Å². The highest BCUT2D eigenvalue weighted by atomic mass is 19.1. The molecule has 1 aromatic carbocycles. The van der Waals surface area contributed by atoms with Crippen molar-refractivity contribution < 1.29 is 18.7 Å². The number of benzene rings is 1. The number of rotatable bonds is 7. The number of hydrogen-bond acceptors (Lipinski definition) is 2. The summed E-state index contributed by atoms with van der Waals surface area (Å²) in [5.74, 6) is -2.07. The summed E-state index contributed by atoms with van der Waals surface area (Å²) < 4.78 is 26.3. The Labute approximate surface area is 118 Å². The van der Waals surface area contributed by atoms with Gasteiger partial charge >= 0.3 is 5.97 Å². The second kappa shape index (κ2) is 7.33. The van der Waals surface area contributed by atoms with Gasteiger partial charge in [0.15, 0.2) is 0 Å². The van der Waals surface area contributed by atoms with E-state index in [1.165, 1.54) is 12.1 Å². The molecule has 5 heteroatoms.